The van der Waals surface area contributed by atoms with E-state index in [1.54, 1.807) is 25.3 Å². The fraction of sp³-hybridized carbons (Fsp3) is 0.182. The van der Waals surface area contributed by atoms with Crippen molar-refractivity contribution in [3.05, 3.63) is 70.9 Å². The molecule has 0 saturated carbocycles. The zero-order chi connectivity index (χ0) is 21.3. The average molecular weight is 406 g/mol. The summed E-state index contributed by atoms with van der Waals surface area (Å²) in [6.45, 7) is 2.40. The first-order chi connectivity index (χ1) is 14.6. The van der Waals surface area contributed by atoms with Crippen molar-refractivity contribution < 1.29 is 18.6 Å². The Morgan fingerprint density at radius 1 is 1.23 bits per heavy atom. The Hall–Kier alpha value is -3.99. The van der Waals surface area contributed by atoms with E-state index in [1.165, 1.54) is 12.1 Å². The summed E-state index contributed by atoms with van der Waals surface area (Å²) >= 11 is 0. The van der Waals surface area contributed by atoms with Gasteiger partial charge in [-0.25, -0.2) is 4.39 Å². The van der Waals surface area contributed by atoms with Gasteiger partial charge >= 0.3 is 0 Å². The van der Waals surface area contributed by atoms with E-state index >= 15 is 0 Å². The van der Waals surface area contributed by atoms with Gasteiger partial charge in [-0.1, -0.05) is 12.1 Å². The lowest BCUT2D eigenvalue weighted by Crippen LogP contribution is -2.21. The average Bonchev–Trinajstić information content (AvgIpc) is 3.17. The molecule has 7 nitrogen and oxygen atoms in total. The third-order valence-corrected chi connectivity index (χ3v) is 4.89. The normalized spacial score (nSPS) is 15.2. The van der Waals surface area contributed by atoms with Crippen LogP contribution in [0.5, 0.6) is 17.4 Å². The van der Waals surface area contributed by atoms with Gasteiger partial charge in [-0.05, 0) is 42.8 Å². The van der Waals surface area contributed by atoms with E-state index in [4.69, 9.17) is 19.9 Å². The molecule has 0 unspecified atom stereocenters. The molecule has 4 rings (SSSR count). The highest BCUT2D eigenvalue weighted by atomic mass is 19.1. The molecule has 8 heteroatoms. The molecule has 1 aliphatic heterocycles. The van der Waals surface area contributed by atoms with E-state index in [0.717, 1.165) is 5.56 Å². The summed E-state index contributed by atoms with van der Waals surface area (Å²) in [6, 6.07) is 13.5. The molecule has 1 aromatic heterocycles. The molecule has 3 aromatic rings. The number of rotatable bonds is 5. The summed E-state index contributed by atoms with van der Waals surface area (Å²) < 4.78 is 30.1. The van der Waals surface area contributed by atoms with Crippen molar-refractivity contribution in [2.45, 2.75) is 12.8 Å². The van der Waals surface area contributed by atoms with Crippen LogP contribution < -0.4 is 19.9 Å². The Balaban J connectivity index is 1.89. The van der Waals surface area contributed by atoms with Crippen LogP contribution in [-0.4, -0.2) is 23.9 Å². The maximum absolute atomic E-state index is 13.5. The number of H-pyrrole nitrogens is 1. The van der Waals surface area contributed by atoms with Crippen molar-refractivity contribution in [3.63, 3.8) is 0 Å². The first-order valence-electron chi connectivity index (χ1n) is 9.29. The van der Waals surface area contributed by atoms with Gasteiger partial charge in [-0.15, -0.1) is 5.10 Å². The number of hydrogen-bond donors (Lipinski definition) is 2. The summed E-state index contributed by atoms with van der Waals surface area (Å²) in [5, 5.41) is 17.0. The van der Waals surface area contributed by atoms with Gasteiger partial charge in [0.1, 0.15) is 17.5 Å². The number of ether oxygens (including phenoxy) is 3. The van der Waals surface area contributed by atoms with E-state index in [2.05, 4.69) is 16.3 Å². The van der Waals surface area contributed by atoms with E-state index in [0.29, 0.717) is 34.9 Å². The number of aromatic amines is 1. The molecule has 0 bridgehead atoms. The summed E-state index contributed by atoms with van der Waals surface area (Å²) in [4.78, 5) is 0. The summed E-state index contributed by atoms with van der Waals surface area (Å²) in [7, 11) is 1.56. The molecule has 0 saturated heterocycles. The molecule has 2 aromatic carbocycles. The Labute approximate surface area is 172 Å². The molecular weight excluding hydrogens is 387 g/mol. The maximum Gasteiger partial charge on any atom is 0.244 e. The predicted octanol–water partition coefficient (Wildman–Crippen LogP) is 3.84. The van der Waals surface area contributed by atoms with Crippen molar-refractivity contribution in [2.75, 3.05) is 13.7 Å². The minimum Gasteiger partial charge on any atom is -0.493 e. The number of allylic oxidation sites excluding steroid dienone is 1. The number of halogens is 1. The highest BCUT2D eigenvalue weighted by molar-refractivity contribution is 5.72. The summed E-state index contributed by atoms with van der Waals surface area (Å²) in [5.41, 5.74) is 8.94. The van der Waals surface area contributed by atoms with Gasteiger partial charge in [0.2, 0.25) is 11.8 Å². The molecule has 0 amide bonds. The highest BCUT2D eigenvalue weighted by Gasteiger charge is 2.35. The number of hydrogen-bond acceptors (Lipinski definition) is 6. The van der Waals surface area contributed by atoms with Gasteiger partial charge in [-0.3, -0.25) is 5.10 Å². The van der Waals surface area contributed by atoms with Gasteiger partial charge in [0.25, 0.3) is 0 Å². The minimum atomic E-state index is -0.564. The van der Waals surface area contributed by atoms with Crippen molar-refractivity contribution in [3.8, 4) is 34.7 Å². The van der Waals surface area contributed by atoms with Crippen LogP contribution in [0.2, 0.25) is 0 Å². The molecule has 1 atom stereocenters. The molecule has 1 aliphatic rings. The SMILES string of the molecule is CCOc1ccc(-c2[nH]nc3c2[C@@H](c2ccc(F)cc2)C(C#N)=C(N)O3)cc1OC. The topological polar surface area (TPSA) is 106 Å². The van der Waals surface area contributed by atoms with Crippen LogP contribution in [-0.2, 0) is 0 Å². The molecule has 152 valence electrons. The highest BCUT2D eigenvalue weighted by Crippen LogP contribution is 2.46. The van der Waals surface area contributed by atoms with E-state index in [1.807, 2.05) is 19.1 Å². The van der Waals surface area contributed by atoms with Crippen LogP contribution in [0.25, 0.3) is 11.3 Å². The largest absolute Gasteiger partial charge is 0.493 e. The van der Waals surface area contributed by atoms with Gasteiger partial charge in [-0.2, -0.15) is 5.26 Å². The lowest BCUT2D eigenvalue weighted by Gasteiger charge is -2.24. The summed E-state index contributed by atoms with van der Waals surface area (Å²) in [6.07, 6.45) is 0. The molecule has 0 fully saturated rings. The van der Waals surface area contributed by atoms with Crippen LogP contribution in [0.4, 0.5) is 4.39 Å². The predicted molar refractivity (Wildman–Crippen MR) is 107 cm³/mol. The number of aromatic nitrogens is 2. The molecular formula is C22H19FN4O3. The van der Waals surface area contributed by atoms with Gasteiger partial charge < -0.3 is 19.9 Å². The number of nitriles is 1. The molecule has 0 spiro atoms. The van der Waals surface area contributed by atoms with Crippen LogP contribution in [0.3, 0.4) is 0 Å². The standard InChI is InChI=1S/C22H19FN4O3/c1-3-29-16-9-6-13(10-17(16)28-2)20-19-18(12-4-7-14(23)8-5-12)15(11-24)21(25)30-22(19)27-26-20/h4-10,18H,3,25H2,1-2H3,(H,26,27)/t18-/m0/s1. The van der Waals surface area contributed by atoms with E-state index in [-0.39, 0.29) is 23.2 Å². The van der Waals surface area contributed by atoms with Crippen molar-refractivity contribution >= 4 is 0 Å². The second-order valence-electron chi connectivity index (χ2n) is 6.59. The van der Waals surface area contributed by atoms with Crippen LogP contribution in [0.15, 0.2) is 53.9 Å². The van der Waals surface area contributed by atoms with E-state index in [9.17, 15) is 9.65 Å². The fourth-order valence-electron chi connectivity index (χ4n) is 3.55. The Morgan fingerprint density at radius 2 is 2.00 bits per heavy atom. The third kappa shape index (κ3) is 3.20. The first-order valence-corrected chi connectivity index (χ1v) is 9.29. The van der Waals surface area contributed by atoms with Crippen molar-refractivity contribution in [2.24, 2.45) is 5.73 Å². The molecule has 2 heterocycles. The number of nitrogens with zero attached hydrogens (tertiary/aromatic N) is 2. The fourth-order valence-corrected chi connectivity index (χ4v) is 3.55. The lowest BCUT2D eigenvalue weighted by atomic mass is 9.83. The first kappa shape index (κ1) is 19.3. The Bertz CT molecular complexity index is 1160. The number of fused-ring (bicyclic) bond motifs is 1. The van der Waals surface area contributed by atoms with Crippen molar-refractivity contribution in [1.29, 1.82) is 5.26 Å². The summed E-state index contributed by atoms with van der Waals surface area (Å²) in [5.74, 6) is 0.481. The smallest absolute Gasteiger partial charge is 0.244 e. The maximum atomic E-state index is 13.5. The zero-order valence-electron chi connectivity index (χ0n) is 16.4. The Morgan fingerprint density at radius 3 is 2.67 bits per heavy atom. The van der Waals surface area contributed by atoms with Gasteiger partial charge in [0, 0.05) is 5.56 Å². The van der Waals surface area contributed by atoms with Gasteiger partial charge in [0.15, 0.2) is 11.5 Å². The quantitative estimate of drug-likeness (QED) is 0.667. The van der Waals surface area contributed by atoms with Crippen LogP contribution >= 0.6 is 0 Å². The van der Waals surface area contributed by atoms with Crippen LogP contribution in [0, 0.1) is 17.1 Å². The van der Waals surface area contributed by atoms with Gasteiger partial charge in [0.05, 0.1) is 30.9 Å². The zero-order valence-corrected chi connectivity index (χ0v) is 16.4. The number of benzene rings is 2. The Kier molecular flexibility index (Phi) is 5.02. The number of methoxy groups -OCH3 is 1. The van der Waals surface area contributed by atoms with E-state index < -0.39 is 5.92 Å². The minimum absolute atomic E-state index is 0.0263. The number of nitrogens with one attached hydrogen (secondary N) is 1. The lowest BCUT2D eigenvalue weighted by molar-refractivity contribution is 0.311. The molecule has 0 radical (unpaired) electrons. The van der Waals surface area contributed by atoms with Crippen molar-refractivity contribution in [1.82, 2.24) is 10.2 Å². The second-order valence-corrected chi connectivity index (χ2v) is 6.59. The third-order valence-electron chi connectivity index (χ3n) is 4.89. The molecule has 3 N–H and O–H groups in total. The number of nitrogens with two attached hydrogens (primary N) is 1. The van der Waals surface area contributed by atoms with Crippen LogP contribution in [0.1, 0.15) is 24.0 Å². The monoisotopic (exact) mass is 406 g/mol. The second kappa shape index (κ2) is 7.79. The molecule has 30 heavy (non-hydrogen) atoms. The molecule has 0 aliphatic carbocycles.